The van der Waals surface area contributed by atoms with Gasteiger partial charge >= 0.3 is 0 Å². The van der Waals surface area contributed by atoms with Gasteiger partial charge in [0, 0.05) is 19.0 Å². The highest BCUT2D eigenvalue weighted by atomic mass is 35.5. The molecule has 0 heterocycles. The topological polar surface area (TPSA) is 20.3 Å². The molecule has 2 nitrogen and oxygen atoms in total. The number of nitrogens with zero attached hydrogens (tertiary/aromatic N) is 1. The third-order valence-electron chi connectivity index (χ3n) is 2.22. The van der Waals surface area contributed by atoms with Crippen LogP contribution in [0.4, 0.5) is 4.39 Å². The molecule has 4 heteroatoms. The monoisotopic (exact) mass is 243 g/mol. The van der Waals surface area contributed by atoms with E-state index in [-0.39, 0.29) is 16.8 Å². The predicted molar refractivity (Wildman–Crippen MR) is 63.4 cm³/mol. The molecule has 1 atom stereocenters. The number of rotatable bonds is 3. The van der Waals surface area contributed by atoms with E-state index in [1.54, 1.807) is 26.1 Å². The van der Waals surface area contributed by atoms with Crippen molar-refractivity contribution in [2.45, 2.75) is 19.2 Å². The number of halogens is 2. The first-order chi connectivity index (χ1) is 7.41. The fraction of sp³-hybridized carbons (Fsp3) is 0.417. The third kappa shape index (κ3) is 3.20. The van der Waals surface area contributed by atoms with Crippen LogP contribution in [0.25, 0.3) is 0 Å². The lowest BCUT2D eigenvalue weighted by Crippen LogP contribution is -2.32. The highest BCUT2D eigenvalue weighted by Crippen LogP contribution is 2.12. The Hall–Kier alpha value is -1.09. The van der Waals surface area contributed by atoms with Crippen LogP contribution in [-0.4, -0.2) is 29.8 Å². The summed E-state index contributed by atoms with van der Waals surface area (Å²) in [5.41, 5.74) is 0.955. The Balaban J connectivity index is 2.91. The Kier molecular flexibility index (Phi) is 4.30. The van der Waals surface area contributed by atoms with Gasteiger partial charge in [-0.15, -0.1) is 11.6 Å². The molecule has 0 aliphatic heterocycles. The molecule has 1 aromatic rings. The lowest BCUT2D eigenvalue weighted by molar-refractivity contribution is 0.0791. The molecule has 0 spiro atoms. The Morgan fingerprint density at radius 1 is 1.56 bits per heavy atom. The normalized spacial score (nSPS) is 12.3. The van der Waals surface area contributed by atoms with Gasteiger partial charge in [0.15, 0.2) is 0 Å². The molecule has 0 N–H and O–H groups in total. The van der Waals surface area contributed by atoms with Crippen molar-refractivity contribution in [1.29, 1.82) is 0 Å². The molecule has 1 unspecified atom stereocenters. The van der Waals surface area contributed by atoms with Crippen molar-refractivity contribution in [3.8, 4) is 0 Å². The minimum Gasteiger partial charge on any atom is -0.340 e. The number of hydrogen-bond acceptors (Lipinski definition) is 1. The smallest absolute Gasteiger partial charge is 0.256 e. The lowest BCUT2D eigenvalue weighted by Gasteiger charge is -2.18. The van der Waals surface area contributed by atoms with E-state index in [9.17, 15) is 9.18 Å². The van der Waals surface area contributed by atoms with Crippen molar-refractivity contribution in [3.05, 3.63) is 35.1 Å². The first-order valence-corrected chi connectivity index (χ1v) is 5.51. The molecule has 0 bridgehead atoms. The van der Waals surface area contributed by atoms with Crippen LogP contribution in [0, 0.1) is 12.7 Å². The van der Waals surface area contributed by atoms with Crippen molar-refractivity contribution in [1.82, 2.24) is 4.90 Å². The van der Waals surface area contributed by atoms with Gasteiger partial charge in [-0.25, -0.2) is 4.39 Å². The summed E-state index contributed by atoms with van der Waals surface area (Å²) >= 11 is 5.79. The van der Waals surface area contributed by atoms with Gasteiger partial charge in [-0.3, -0.25) is 4.79 Å². The van der Waals surface area contributed by atoms with Gasteiger partial charge in [-0.05, 0) is 26.0 Å². The van der Waals surface area contributed by atoms with Crippen LogP contribution in [0.1, 0.15) is 22.8 Å². The Morgan fingerprint density at radius 3 is 2.75 bits per heavy atom. The quantitative estimate of drug-likeness (QED) is 0.748. The van der Waals surface area contributed by atoms with Gasteiger partial charge in [-0.1, -0.05) is 11.6 Å². The molecule has 0 saturated heterocycles. The molecule has 88 valence electrons. The van der Waals surface area contributed by atoms with Crippen molar-refractivity contribution in [2.24, 2.45) is 0 Å². The zero-order valence-corrected chi connectivity index (χ0v) is 10.4. The van der Waals surface area contributed by atoms with Crippen LogP contribution in [0.15, 0.2) is 18.2 Å². The second kappa shape index (κ2) is 5.30. The summed E-state index contributed by atoms with van der Waals surface area (Å²) in [7, 11) is 1.61. The maximum atomic E-state index is 13.4. The van der Waals surface area contributed by atoms with E-state index in [2.05, 4.69) is 0 Å². The van der Waals surface area contributed by atoms with E-state index < -0.39 is 5.82 Å². The number of carbonyl (C=O) groups is 1. The highest BCUT2D eigenvalue weighted by Gasteiger charge is 2.17. The number of alkyl halides is 1. The second-order valence-corrected chi connectivity index (χ2v) is 4.69. The maximum absolute atomic E-state index is 13.4. The van der Waals surface area contributed by atoms with Crippen LogP contribution >= 0.6 is 11.6 Å². The van der Waals surface area contributed by atoms with Gasteiger partial charge in [0.1, 0.15) is 5.82 Å². The number of benzene rings is 1. The SMILES string of the molecule is Cc1ccc(F)c(C(=O)N(C)CC(C)Cl)c1. The van der Waals surface area contributed by atoms with Gasteiger partial charge in [0.25, 0.3) is 5.91 Å². The van der Waals surface area contributed by atoms with Crippen molar-refractivity contribution < 1.29 is 9.18 Å². The summed E-state index contributed by atoms with van der Waals surface area (Å²) in [6.07, 6.45) is 0. The molecule has 0 aliphatic carbocycles. The van der Waals surface area contributed by atoms with Crippen molar-refractivity contribution in [2.75, 3.05) is 13.6 Å². The van der Waals surface area contributed by atoms with E-state index in [4.69, 9.17) is 11.6 Å². The van der Waals surface area contributed by atoms with E-state index in [0.29, 0.717) is 6.54 Å². The van der Waals surface area contributed by atoms with Gasteiger partial charge in [0.2, 0.25) is 0 Å². The van der Waals surface area contributed by atoms with Crippen molar-refractivity contribution >= 4 is 17.5 Å². The summed E-state index contributed by atoms with van der Waals surface area (Å²) < 4.78 is 13.4. The van der Waals surface area contributed by atoms with E-state index >= 15 is 0 Å². The average molecular weight is 244 g/mol. The second-order valence-electron chi connectivity index (χ2n) is 3.95. The zero-order valence-electron chi connectivity index (χ0n) is 9.63. The number of aryl methyl sites for hydroxylation is 1. The molecule has 0 radical (unpaired) electrons. The number of amides is 1. The van der Waals surface area contributed by atoms with E-state index in [1.807, 2.05) is 6.92 Å². The molecular weight excluding hydrogens is 229 g/mol. The minimum atomic E-state index is -0.496. The summed E-state index contributed by atoms with van der Waals surface area (Å²) in [5, 5.41) is -0.151. The van der Waals surface area contributed by atoms with Crippen LogP contribution in [0.5, 0.6) is 0 Å². The molecule has 1 rings (SSSR count). The summed E-state index contributed by atoms with van der Waals surface area (Å²) in [6, 6.07) is 4.49. The predicted octanol–water partition coefficient (Wildman–Crippen LogP) is 2.83. The number of hydrogen-bond donors (Lipinski definition) is 0. The molecule has 1 aromatic carbocycles. The Bertz CT molecular complexity index is 393. The van der Waals surface area contributed by atoms with Gasteiger partial charge < -0.3 is 4.90 Å². The molecule has 16 heavy (non-hydrogen) atoms. The van der Waals surface area contributed by atoms with Gasteiger partial charge in [-0.2, -0.15) is 0 Å². The molecule has 0 aromatic heterocycles. The van der Waals surface area contributed by atoms with Crippen molar-refractivity contribution in [3.63, 3.8) is 0 Å². The molecule has 0 fully saturated rings. The fourth-order valence-electron chi connectivity index (χ4n) is 1.47. The molecule has 0 aliphatic rings. The highest BCUT2D eigenvalue weighted by molar-refractivity contribution is 6.20. The average Bonchev–Trinajstić information content (AvgIpc) is 2.19. The molecule has 0 saturated carbocycles. The molecule has 1 amide bonds. The third-order valence-corrected chi connectivity index (χ3v) is 2.36. The minimum absolute atomic E-state index is 0.0971. The van der Waals surface area contributed by atoms with Crippen LogP contribution in [0.3, 0.4) is 0 Å². The van der Waals surface area contributed by atoms with Crippen LogP contribution in [-0.2, 0) is 0 Å². The first kappa shape index (κ1) is 13.0. The van der Waals surface area contributed by atoms with Gasteiger partial charge in [0.05, 0.1) is 5.56 Å². The zero-order chi connectivity index (χ0) is 12.3. The maximum Gasteiger partial charge on any atom is 0.256 e. The largest absolute Gasteiger partial charge is 0.340 e. The first-order valence-electron chi connectivity index (χ1n) is 5.07. The fourth-order valence-corrected chi connectivity index (χ4v) is 1.68. The number of carbonyl (C=O) groups excluding carboxylic acids is 1. The summed E-state index contributed by atoms with van der Waals surface area (Å²) in [4.78, 5) is 13.3. The molecular formula is C12H15ClFNO. The Labute approximate surface area is 100 Å². The summed E-state index contributed by atoms with van der Waals surface area (Å²) in [6.45, 7) is 4.01. The Morgan fingerprint density at radius 2 is 2.19 bits per heavy atom. The van der Waals surface area contributed by atoms with Crippen LogP contribution in [0.2, 0.25) is 0 Å². The van der Waals surface area contributed by atoms with E-state index in [0.717, 1.165) is 5.56 Å². The summed E-state index contributed by atoms with van der Waals surface area (Å²) in [5.74, 6) is -0.835. The standard InChI is InChI=1S/C12H15ClFNO/c1-8-4-5-11(14)10(6-8)12(16)15(3)7-9(2)13/h4-6,9H,7H2,1-3H3. The van der Waals surface area contributed by atoms with E-state index in [1.165, 1.54) is 11.0 Å². The lowest BCUT2D eigenvalue weighted by atomic mass is 10.1. The van der Waals surface area contributed by atoms with Crippen LogP contribution < -0.4 is 0 Å².